The first kappa shape index (κ1) is 10.4. The smallest absolute Gasteiger partial charge is 0.308 e. The number of carboxylic acids is 1. The number of nitrogens with zero attached hydrogens (tertiary/aromatic N) is 1. The Morgan fingerprint density at radius 1 is 1.41 bits per heavy atom. The fourth-order valence-corrected chi connectivity index (χ4v) is 3.11. The van der Waals surface area contributed by atoms with Gasteiger partial charge in [-0.1, -0.05) is 6.07 Å². The molecule has 0 radical (unpaired) electrons. The highest BCUT2D eigenvalue weighted by Crippen LogP contribution is 2.40. The molecule has 90 valence electrons. The lowest BCUT2D eigenvalue weighted by atomic mass is 9.88. The quantitative estimate of drug-likeness (QED) is 0.773. The summed E-state index contributed by atoms with van der Waals surface area (Å²) >= 11 is 0. The Labute approximate surface area is 99.5 Å². The van der Waals surface area contributed by atoms with E-state index < -0.39 is 5.97 Å². The second kappa shape index (κ2) is 3.65. The molecule has 2 aliphatic rings. The number of phenolic OH excluding ortho intramolecular Hbond substituents is 1. The Morgan fingerprint density at radius 2 is 2.24 bits per heavy atom. The molecule has 2 N–H and O–H groups in total. The molecule has 1 aromatic rings. The topological polar surface area (TPSA) is 60.8 Å². The maximum absolute atomic E-state index is 11.2. The number of aliphatic carboxylic acids is 1. The number of benzene rings is 1. The highest BCUT2D eigenvalue weighted by Gasteiger charge is 2.40. The summed E-state index contributed by atoms with van der Waals surface area (Å²) in [6.45, 7) is 0.894. The van der Waals surface area contributed by atoms with Gasteiger partial charge in [-0.15, -0.1) is 0 Å². The molecule has 1 aromatic carbocycles. The zero-order valence-electron chi connectivity index (χ0n) is 9.47. The van der Waals surface area contributed by atoms with E-state index in [2.05, 4.69) is 4.90 Å². The predicted octanol–water partition coefficient (Wildman–Crippen LogP) is 1.62. The van der Waals surface area contributed by atoms with Crippen molar-refractivity contribution in [3.63, 3.8) is 0 Å². The van der Waals surface area contributed by atoms with E-state index in [1.54, 1.807) is 12.1 Å². The molecule has 0 saturated carbocycles. The fraction of sp³-hybridized carbons (Fsp3) is 0.462. The minimum Gasteiger partial charge on any atom is -0.508 e. The number of fused-ring (bicyclic) bond motifs is 3. The van der Waals surface area contributed by atoms with Crippen LogP contribution in [0.5, 0.6) is 5.75 Å². The van der Waals surface area contributed by atoms with Crippen LogP contribution in [-0.2, 0) is 11.2 Å². The number of anilines is 1. The van der Waals surface area contributed by atoms with E-state index in [4.69, 9.17) is 0 Å². The first-order valence-corrected chi connectivity index (χ1v) is 5.98. The maximum Gasteiger partial charge on any atom is 0.308 e. The predicted molar refractivity (Wildman–Crippen MR) is 63.3 cm³/mol. The molecule has 0 spiro atoms. The summed E-state index contributed by atoms with van der Waals surface area (Å²) in [4.78, 5) is 13.4. The Bertz CT molecular complexity index is 472. The van der Waals surface area contributed by atoms with Gasteiger partial charge in [0.25, 0.3) is 0 Å². The van der Waals surface area contributed by atoms with Crippen molar-refractivity contribution < 1.29 is 15.0 Å². The van der Waals surface area contributed by atoms with Crippen molar-refractivity contribution in [1.29, 1.82) is 0 Å². The lowest BCUT2D eigenvalue weighted by Gasteiger charge is -2.36. The molecule has 2 aliphatic heterocycles. The molecule has 0 amide bonds. The van der Waals surface area contributed by atoms with Crippen LogP contribution in [0.25, 0.3) is 0 Å². The number of hydrogen-bond acceptors (Lipinski definition) is 3. The van der Waals surface area contributed by atoms with Crippen LogP contribution in [0.1, 0.15) is 18.4 Å². The normalized spacial score (nSPS) is 26.5. The van der Waals surface area contributed by atoms with E-state index in [-0.39, 0.29) is 17.7 Å². The van der Waals surface area contributed by atoms with Gasteiger partial charge in [-0.05, 0) is 30.9 Å². The molecule has 3 rings (SSSR count). The van der Waals surface area contributed by atoms with Crippen molar-refractivity contribution in [1.82, 2.24) is 0 Å². The van der Waals surface area contributed by atoms with Crippen molar-refractivity contribution in [3.8, 4) is 5.75 Å². The molecular formula is C13H15NO3. The number of phenols is 1. The second-order valence-corrected chi connectivity index (χ2v) is 4.86. The number of hydrogen-bond donors (Lipinski definition) is 2. The summed E-state index contributed by atoms with van der Waals surface area (Å²) in [6, 6.07) is 5.40. The number of carbonyl (C=O) groups is 1. The Kier molecular flexibility index (Phi) is 2.24. The van der Waals surface area contributed by atoms with E-state index in [1.165, 1.54) is 0 Å². The third kappa shape index (κ3) is 1.55. The Balaban J connectivity index is 1.98. The van der Waals surface area contributed by atoms with Gasteiger partial charge < -0.3 is 15.1 Å². The van der Waals surface area contributed by atoms with Crippen molar-refractivity contribution in [2.75, 3.05) is 11.4 Å². The van der Waals surface area contributed by atoms with Gasteiger partial charge >= 0.3 is 5.97 Å². The molecule has 0 aliphatic carbocycles. The summed E-state index contributed by atoms with van der Waals surface area (Å²) in [6.07, 6.45) is 2.45. The van der Waals surface area contributed by atoms with Crippen molar-refractivity contribution in [2.45, 2.75) is 25.3 Å². The lowest BCUT2D eigenvalue weighted by molar-refractivity contribution is -0.143. The standard InChI is InChI=1S/C13H15NO3/c15-9-4-3-8-6-12-10(13(16)17)2-1-5-14(12)11(8)7-9/h3-4,7,10,12,15H,1-2,5-6H2,(H,16,17). The molecule has 1 saturated heterocycles. The summed E-state index contributed by atoms with van der Waals surface area (Å²) < 4.78 is 0. The molecule has 2 atom stereocenters. The van der Waals surface area contributed by atoms with Crippen LogP contribution in [0, 0.1) is 5.92 Å². The van der Waals surface area contributed by atoms with Crippen LogP contribution >= 0.6 is 0 Å². The number of aromatic hydroxyl groups is 1. The lowest BCUT2D eigenvalue weighted by Crippen LogP contribution is -2.46. The van der Waals surface area contributed by atoms with Crippen molar-refractivity contribution in [3.05, 3.63) is 23.8 Å². The second-order valence-electron chi connectivity index (χ2n) is 4.86. The average molecular weight is 233 g/mol. The molecule has 4 nitrogen and oxygen atoms in total. The first-order valence-electron chi connectivity index (χ1n) is 5.98. The zero-order valence-corrected chi connectivity index (χ0v) is 9.47. The van der Waals surface area contributed by atoms with Gasteiger partial charge in [0, 0.05) is 24.3 Å². The highest BCUT2D eigenvalue weighted by molar-refractivity contribution is 5.74. The SMILES string of the molecule is O=C(O)C1CCCN2c3cc(O)ccc3CC12. The Morgan fingerprint density at radius 3 is 3.00 bits per heavy atom. The van der Waals surface area contributed by atoms with Crippen LogP contribution in [0.3, 0.4) is 0 Å². The number of carboxylic acid groups (broad SMARTS) is 1. The summed E-state index contributed by atoms with van der Waals surface area (Å²) in [5.41, 5.74) is 2.17. The van der Waals surface area contributed by atoms with Gasteiger partial charge in [-0.3, -0.25) is 4.79 Å². The molecular weight excluding hydrogens is 218 g/mol. The van der Waals surface area contributed by atoms with Gasteiger partial charge in [0.15, 0.2) is 0 Å². The molecule has 2 unspecified atom stereocenters. The van der Waals surface area contributed by atoms with E-state index in [0.29, 0.717) is 0 Å². The van der Waals surface area contributed by atoms with Gasteiger partial charge in [0.1, 0.15) is 5.75 Å². The van der Waals surface area contributed by atoms with Crippen LogP contribution in [-0.4, -0.2) is 28.8 Å². The van der Waals surface area contributed by atoms with E-state index in [1.807, 2.05) is 6.07 Å². The highest BCUT2D eigenvalue weighted by atomic mass is 16.4. The number of piperidine rings is 1. The van der Waals surface area contributed by atoms with Crippen molar-refractivity contribution in [2.24, 2.45) is 5.92 Å². The van der Waals surface area contributed by atoms with Crippen LogP contribution in [0.4, 0.5) is 5.69 Å². The van der Waals surface area contributed by atoms with Gasteiger partial charge in [0.05, 0.1) is 5.92 Å². The third-order valence-corrected chi connectivity index (χ3v) is 3.90. The minimum absolute atomic E-state index is 0.0676. The van der Waals surface area contributed by atoms with Crippen LogP contribution in [0.2, 0.25) is 0 Å². The fourth-order valence-electron chi connectivity index (χ4n) is 3.11. The molecule has 0 bridgehead atoms. The maximum atomic E-state index is 11.2. The molecule has 2 heterocycles. The monoisotopic (exact) mass is 233 g/mol. The van der Waals surface area contributed by atoms with Crippen LogP contribution < -0.4 is 4.90 Å². The average Bonchev–Trinajstić information content (AvgIpc) is 2.66. The molecule has 0 aromatic heterocycles. The molecule has 4 heteroatoms. The molecule has 1 fully saturated rings. The number of rotatable bonds is 1. The van der Waals surface area contributed by atoms with Gasteiger partial charge in [0.2, 0.25) is 0 Å². The first-order chi connectivity index (χ1) is 8.16. The largest absolute Gasteiger partial charge is 0.508 e. The van der Waals surface area contributed by atoms with Gasteiger partial charge in [-0.25, -0.2) is 0 Å². The van der Waals surface area contributed by atoms with E-state index in [0.717, 1.165) is 37.1 Å². The summed E-state index contributed by atoms with van der Waals surface area (Å²) in [5, 5.41) is 18.8. The third-order valence-electron chi connectivity index (χ3n) is 3.90. The zero-order chi connectivity index (χ0) is 12.0. The van der Waals surface area contributed by atoms with E-state index in [9.17, 15) is 15.0 Å². The minimum atomic E-state index is -0.697. The van der Waals surface area contributed by atoms with Crippen LogP contribution in [0.15, 0.2) is 18.2 Å². The molecule has 17 heavy (non-hydrogen) atoms. The Hall–Kier alpha value is -1.71. The van der Waals surface area contributed by atoms with Crippen molar-refractivity contribution >= 4 is 11.7 Å². The van der Waals surface area contributed by atoms with E-state index >= 15 is 0 Å². The van der Waals surface area contributed by atoms with Gasteiger partial charge in [-0.2, -0.15) is 0 Å². The summed E-state index contributed by atoms with van der Waals surface area (Å²) in [5.74, 6) is -0.725. The summed E-state index contributed by atoms with van der Waals surface area (Å²) in [7, 11) is 0.